The summed E-state index contributed by atoms with van der Waals surface area (Å²) in [6.07, 6.45) is 2.23. The molecule has 0 saturated carbocycles. The SMILES string of the molecule is CCNCc1ccc(Br)cc1N(C)C1CCOCC1. The monoisotopic (exact) mass is 326 g/mol. The van der Waals surface area contributed by atoms with Gasteiger partial charge in [0.15, 0.2) is 0 Å². The molecule has 1 aromatic carbocycles. The molecule has 3 nitrogen and oxygen atoms in total. The molecule has 0 aliphatic carbocycles. The van der Waals surface area contributed by atoms with Gasteiger partial charge < -0.3 is 15.0 Å². The first-order valence-electron chi connectivity index (χ1n) is 7.02. The van der Waals surface area contributed by atoms with Gasteiger partial charge in [-0.25, -0.2) is 0 Å². The van der Waals surface area contributed by atoms with E-state index in [9.17, 15) is 0 Å². The fraction of sp³-hybridized carbons (Fsp3) is 0.600. The summed E-state index contributed by atoms with van der Waals surface area (Å²) in [7, 11) is 2.20. The minimum absolute atomic E-state index is 0.587. The molecular weight excluding hydrogens is 304 g/mol. The summed E-state index contributed by atoms with van der Waals surface area (Å²) in [4.78, 5) is 2.42. The predicted octanol–water partition coefficient (Wildman–Crippen LogP) is 3.17. The van der Waals surface area contributed by atoms with Crippen molar-refractivity contribution in [1.82, 2.24) is 5.32 Å². The molecule has 0 spiro atoms. The summed E-state index contributed by atoms with van der Waals surface area (Å²) >= 11 is 3.59. The van der Waals surface area contributed by atoms with Gasteiger partial charge in [-0.3, -0.25) is 0 Å². The van der Waals surface area contributed by atoms with Crippen molar-refractivity contribution < 1.29 is 4.74 Å². The van der Waals surface area contributed by atoms with Crippen molar-refractivity contribution in [3.8, 4) is 0 Å². The third-order valence-corrected chi connectivity index (χ3v) is 4.22. The third kappa shape index (κ3) is 3.94. The maximum absolute atomic E-state index is 5.46. The van der Waals surface area contributed by atoms with Crippen LogP contribution in [-0.2, 0) is 11.3 Å². The molecule has 106 valence electrons. The normalized spacial score (nSPS) is 16.6. The topological polar surface area (TPSA) is 24.5 Å². The molecule has 1 aliphatic rings. The Labute approximate surface area is 124 Å². The van der Waals surface area contributed by atoms with E-state index in [-0.39, 0.29) is 0 Å². The van der Waals surface area contributed by atoms with Crippen molar-refractivity contribution in [2.75, 3.05) is 31.7 Å². The average Bonchev–Trinajstić information content (AvgIpc) is 2.46. The van der Waals surface area contributed by atoms with Crippen molar-refractivity contribution in [2.24, 2.45) is 0 Å². The standard InChI is InChI=1S/C15H23BrN2O/c1-3-17-11-12-4-5-13(16)10-15(12)18(2)14-6-8-19-9-7-14/h4-5,10,14,17H,3,6-9,11H2,1-2H3. The number of halogens is 1. The number of anilines is 1. The fourth-order valence-electron chi connectivity index (χ4n) is 2.54. The Kier molecular flexibility index (Phi) is 5.67. The first-order valence-corrected chi connectivity index (χ1v) is 7.81. The molecule has 0 bridgehead atoms. The molecule has 0 radical (unpaired) electrons. The lowest BCUT2D eigenvalue weighted by molar-refractivity contribution is 0.0854. The van der Waals surface area contributed by atoms with Gasteiger partial charge in [-0.2, -0.15) is 0 Å². The Bertz CT molecular complexity index is 405. The second-order valence-corrected chi connectivity index (χ2v) is 5.92. The number of ether oxygens (including phenoxy) is 1. The van der Waals surface area contributed by atoms with E-state index in [1.165, 1.54) is 11.3 Å². The van der Waals surface area contributed by atoms with Crippen LogP contribution in [-0.4, -0.2) is 32.8 Å². The number of nitrogens with one attached hydrogen (secondary N) is 1. The fourth-order valence-corrected chi connectivity index (χ4v) is 2.89. The van der Waals surface area contributed by atoms with E-state index in [1.54, 1.807) is 0 Å². The van der Waals surface area contributed by atoms with Gasteiger partial charge in [-0.15, -0.1) is 0 Å². The van der Waals surface area contributed by atoms with E-state index in [0.717, 1.165) is 43.6 Å². The van der Waals surface area contributed by atoms with Crippen molar-refractivity contribution in [2.45, 2.75) is 32.4 Å². The highest BCUT2D eigenvalue weighted by Crippen LogP contribution is 2.28. The van der Waals surface area contributed by atoms with Gasteiger partial charge in [0.25, 0.3) is 0 Å². The van der Waals surface area contributed by atoms with Crippen LogP contribution in [0.1, 0.15) is 25.3 Å². The van der Waals surface area contributed by atoms with Gasteiger partial charge in [0.05, 0.1) is 0 Å². The van der Waals surface area contributed by atoms with Gasteiger partial charge in [0.1, 0.15) is 0 Å². The van der Waals surface area contributed by atoms with Crippen molar-refractivity contribution in [3.05, 3.63) is 28.2 Å². The number of hydrogen-bond donors (Lipinski definition) is 1. The predicted molar refractivity (Wildman–Crippen MR) is 83.8 cm³/mol. The second-order valence-electron chi connectivity index (χ2n) is 5.01. The van der Waals surface area contributed by atoms with Crippen molar-refractivity contribution in [3.63, 3.8) is 0 Å². The van der Waals surface area contributed by atoms with Crippen LogP contribution < -0.4 is 10.2 Å². The summed E-state index contributed by atoms with van der Waals surface area (Å²) in [6.45, 7) is 5.82. The van der Waals surface area contributed by atoms with Gasteiger partial charge in [-0.1, -0.05) is 28.9 Å². The van der Waals surface area contributed by atoms with Crippen LogP contribution in [0.15, 0.2) is 22.7 Å². The lowest BCUT2D eigenvalue weighted by atomic mass is 10.0. The highest BCUT2D eigenvalue weighted by atomic mass is 79.9. The van der Waals surface area contributed by atoms with E-state index >= 15 is 0 Å². The Morgan fingerprint density at radius 2 is 2.11 bits per heavy atom. The quantitative estimate of drug-likeness (QED) is 0.899. The summed E-state index contributed by atoms with van der Waals surface area (Å²) in [6, 6.07) is 7.14. The lowest BCUT2D eigenvalue weighted by Crippen LogP contribution is -2.37. The zero-order chi connectivity index (χ0) is 13.7. The minimum atomic E-state index is 0.587. The maximum atomic E-state index is 5.46. The molecule has 1 aliphatic heterocycles. The van der Waals surface area contributed by atoms with E-state index < -0.39 is 0 Å². The molecule has 0 atom stereocenters. The zero-order valence-corrected chi connectivity index (χ0v) is 13.4. The highest BCUT2D eigenvalue weighted by Gasteiger charge is 2.20. The molecule has 1 N–H and O–H groups in total. The van der Waals surface area contributed by atoms with Crippen LogP contribution in [0.25, 0.3) is 0 Å². The van der Waals surface area contributed by atoms with Gasteiger partial charge in [0, 0.05) is 43.0 Å². The Morgan fingerprint density at radius 3 is 2.79 bits per heavy atom. The van der Waals surface area contributed by atoms with Gasteiger partial charge >= 0.3 is 0 Å². The van der Waals surface area contributed by atoms with Crippen molar-refractivity contribution in [1.29, 1.82) is 0 Å². The van der Waals surface area contributed by atoms with Crippen LogP contribution in [0.3, 0.4) is 0 Å². The number of nitrogens with zero attached hydrogens (tertiary/aromatic N) is 1. The Morgan fingerprint density at radius 1 is 1.37 bits per heavy atom. The van der Waals surface area contributed by atoms with Gasteiger partial charge in [0.2, 0.25) is 0 Å². The number of rotatable bonds is 5. The van der Waals surface area contributed by atoms with Crippen LogP contribution in [0.5, 0.6) is 0 Å². The molecule has 1 saturated heterocycles. The molecule has 1 aromatic rings. The molecule has 4 heteroatoms. The summed E-state index contributed by atoms with van der Waals surface area (Å²) in [5.74, 6) is 0. The minimum Gasteiger partial charge on any atom is -0.381 e. The Balaban J connectivity index is 2.17. The zero-order valence-electron chi connectivity index (χ0n) is 11.8. The molecule has 0 unspecified atom stereocenters. The highest BCUT2D eigenvalue weighted by molar-refractivity contribution is 9.10. The largest absolute Gasteiger partial charge is 0.381 e. The number of benzene rings is 1. The molecular formula is C15H23BrN2O. The van der Waals surface area contributed by atoms with Gasteiger partial charge in [-0.05, 0) is 37.1 Å². The third-order valence-electron chi connectivity index (χ3n) is 3.73. The second kappa shape index (κ2) is 7.27. The van der Waals surface area contributed by atoms with E-state index in [4.69, 9.17) is 4.74 Å². The summed E-state index contributed by atoms with van der Waals surface area (Å²) in [5.41, 5.74) is 2.68. The molecule has 1 heterocycles. The van der Waals surface area contributed by atoms with Crippen LogP contribution in [0, 0.1) is 0 Å². The summed E-state index contributed by atoms with van der Waals surface area (Å²) in [5, 5.41) is 3.42. The molecule has 2 rings (SSSR count). The number of hydrogen-bond acceptors (Lipinski definition) is 3. The van der Waals surface area contributed by atoms with E-state index in [0.29, 0.717) is 6.04 Å². The van der Waals surface area contributed by atoms with E-state index in [2.05, 4.69) is 58.3 Å². The summed E-state index contributed by atoms with van der Waals surface area (Å²) < 4.78 is 6.60. The first-order chi connectivity index (χ1) is 9.22. The maximum Gasteiger partial charge on any atom is 0.0485 e. The lowest BCUT2D eigenvalue weighted by Gasteiger charge is -2.34. The molecule has 1 fully saturated rings. The molecule has 0 amide bonds. The first kappa shape index (κ1) is 14.8. The molecule has 0 aromatic heterocycles. The molecule has 19 heavy (non-hydrogen) atoms. The average molecular weight is 327 g/mol. The van der Waals surface area contributed by atoms with Crippen LogP contribution >= 0.6 is 15.9 Å². The van der Waals surface area contributed by atoms with E-state index in [1.807, 2.05) is 0 Å². The van der Waals surface area contributed by atoms with Crippen LogP contribution in [0.4, 0.5) is 5.69 Å². The van der Waals surface area contributed by atoms with Crippen molar-refractivity contribution >= 4 is 21.6 Å². The Hall–Kier alpha value is -0.580. The van der Waals surface area contributed by atoms with Crippen LogP contribution in [0.2, 0.25) is 0 Å². The smallest absolute Gasteiger partial charge is 0.0485 e.